The second-order valence-electron chi connectivity index (χ2n) is 8.18. The van der Waals surface area contributed by atoms with Gasteiger partial charge in [0.25, 0.3) is 0 Å². The van der Waals surface area contributed by atoms with E-state index in [-0.39, 0.29) is 5.97 Å². The minimum Gasteiger partial charge on any atom is -0.465 e. The summed E-state index contributed by atoms with van der Waals surface area (Å²) in [5.41, 5.74) is 0. The number of hydrogen-bond donors (Lipinski definition) is 0. The summed E-state index contributed by atoms with van der Waals surface area (Å²) in [6.07, 6.45) is 24.5. The zero-order valence-corrected chi connectivity index (χ0v) is 17.0. The van der Waals surface area contributed by atoms with Crippen molar-refractivity contribution in [1.82, 2.24) is 0 Å². The van der Waals surface area contributed by atoms with Gasteiger partial charge in [0.15, 0.2) is 0 Å². The Hall–Kier alpha value is -0.530. The lowest BCUT2D eigenvalue weighted by molar-refractivity contribution is -0.145. The molecule has 148 valence electrons. The Balaban J connectivity index is 1.85. The summed E-state index contributed by atoms with van der Waals surface area (Å²) in [4.78, 5) is 11.9. The van der Waals surface area contributed by atoms with Crippen LogP contribution in [-0.2, 0) is 9.53 Å². The van der Waals surface area contributed by atoms with E-state index < -0.39 is 0 Å². The van der Waals surface area contributed by atoms with Crippen LogP contribution in [0.5, 0.6) is 0 Å². The van der Waals surface area contributed by atoms with Crippen molar-refractivity contribution in [2.75, 3.05) is 6.61 Å². The molecule has 0 unspecified atom stereocenters. The van der Waals surface area contributed by atoms with Gasteiger partial charge in [0, 0.05) is 6.42 Å². The van der Waals surface area contributed by atoms with E-state index in [1.807, 2.05) is 0 Å². The number of ether oxygens (including phenoxy) is 1. The van der Waals surface area contributed by atoms with Gasteiger partial charge in [-0.25, -0.2) is 0 Å². The SMILES string of the molecule is CCCCCCCCCCCCCC(=O)OCC1CCCCCCC1. The summed E-state index contributed by atoms with van der Waals surface area (Å²) in [5, 5.41) is 0. The topological polar surface area (TPSA) is 26.3 Å². The second kappa shape index (κ2) is 16.9. The average molecular weight is 353 g/mol. The molecule has 0 amide bonds. The fraction of sp³-hybridized carbons (Fsp3) is 0.957. The summed E-state index contributed by atoms with van der Waals surface area (Å²) in [6, 6.07) is 0. The molecule has 0 spiro atoms. The molecule has 25 heavy (non-hydrogen) atoms. The summed E-state index contributed by atoms with van der Waals surface area (Å²) in [6.45, 7) is 2.95. The minimum absolute atomic E-state index is 0.0398. The van der Waals surface area contributed by atoms with Gasteiger partial charge in [-0.05, 0) is 25.2 Å². The molecule has 0 aliphatic heterocycles. The molecule has 0 saturated heterocycles. The van der Waals surface area contributed by atoms with Gasteiger partial charge in [-0.15, -0.1) is 0 Å². The van der Waals surface area contributed by atoms with E-state index in [1.54, 1.807) is 0 Å². The lowest BCUT2D eigenvalue weighted by atomic mass is 9.92. The molecule has 0 radical (unpaired) electrons. The fourth-order valence-corrected chi connectivity index (χ4v) is 3.92. The van der Waals surface area contributed by atoms with Gasteiger partial charge in [-0.2, -0.15) is 0 Å². The van der Waals surface area contributed by atoms with E-state index in [0.29, 0.717) is 18.9 Å². The number of rotatable bonds is 14. The normalized spacial score (nSPS) is 16.4. The molecule has 1 aliphatic carbocycles. The predicted octanol–water partition coefficient (Wildman–Crippen LogP) is 7.59. The van der Waals surface area contributed by atoms with Gasteiger partial charge >= 0.3 is 5.97 Å². The summed E-state index contributed by atoms with van der Waals surface area (Å²) >= 11 is 0. The number of esters is 1. The molecule has 1 fully saturated rings. The quantitative estimate of drug-likeness (QED) is 0.238. The van der Waals surface area contributed by atoms with Crippen molar-refractivity contribution in [3.63, 3.8) is 0 Å². The third kappa shape index (κ3) is 14.3. The number of unbranched alkanes of at least 4 members (excludes halogenated alkanes) is 10. The van der Waals surface area contributed by atoms with E-state index in [0.717, 1.165) is 6.42 Å². The monoisotopic (exact) mass is 352 g/mol. The molecule has 0 bridgehead atoms. The number of carbonyl (C=O) groups excluding carboxylic acids is 1. The Kier molecular flexibility index (Phi) is 15.2. The lowest BCUT2D eigenvalue weighted by Gasteiger charge is -2.19. The lowest BCUT2D eigenvalue weighted by Crippen LogP contribution is -2.15. The van der Waals surface area contributed by atoms with Crippen molar-refractivity contribution in [1.29, 1.82) is 0 Å². The Labute approximate surface area is 157 Å². The molecule has 1 saturated carbocycles. The Bertz CT molecular complexity index is 292. The van der Waals surface area contributed by atoms with E-state index in [4.69, 9.17) is 4.74 Å². The zero-order valence-electron chi connectivity index (χ0n) is 17.0. The van der Waals surface area contributed by atoms with Gasteiger partial charge in [-0.3, -0.25) is 4.79 Å². The van der Waals surface area contributed by atoms with Crippen molar-refractivity contribution in [3.05, 3.63) is 0 Å². The van der Waals surface area contributed by atoms with Crippen LogP contribution in [0.2, 0.25) is 0 Å². The van der Waals surface area contributed by atoms with Crippen molar-refractivity contribution < 1.29 is 9.53 Å². The fourth-order valence-electron chi connectivity index (χ4n) is 3.92. The number of carbonyl (C=O) groups is 1. The van der Waals surface area contributed by atoms with Gasteiger partial charge < -0.3 is 4.74 Å². The first kappa shape index (κ1) is 22.5. The van der Waals surface area contributed by atoms with Crippen LogP contribution in [0.15, 0.2) is 0 Å². The molecule has 2 nitrogen and oxygen atoms in total. The van der Waals surface area contributed by atoms with Crippen LogP contribution in [0.4, 0.5) is 0 Å². The first-order valence-corrected chi connectivity index (χ1v) is 11.5. The minimum atomic E-state index is 0.0398. The number of hydrogen-bond acceptors (Lipinski definition) is 2. The van der Waals surface area contributed by atoms with Crippen molar-refractivity contribution in [2.24, 2.45) is 5.92 Å². The average Bonchev–Trinajstić information content (AvgIpc) is 2.58. The van der Waals surface area contributed by atoms with Gasteiger partial charge in [0.1, 0.15) is 0 Å². The molecule has 2 heteroatoms. The van der Waals surface area contributed by atoms with E-state index in [9.17, 15) is 4.79 Å². The Morgan fingerprint density at radius 3 is 1.76 bits per heavy atom. The van der Waals surface area contributed by atoms with E-state index in [1.165, 1.54) is 109 Å². The summed E-state index contributed by atoms with van der Waals surface area (Å²) < 4.78 is 5.53. The molecule has 0 heterocycles. The van der Waals surface area contributed by atoms with Crippen molar-refractivity contribution >= 4 is 5.97 Å². The second-order valence-corrected chi connectivity index (χ2v) is 8.18. The molecule has 0 aromatic rings. The van der Waals surface area contributed by atoms with Crippen LogP contribution in [-0.4, -0.2) is 12.6 Å². The Morgan fingerprint density at radius 2 is 1.20 bits per heavy atom. The largest absolute Gasteiger partial charge is 0.465 e. The van der Waals surface area contributed by atoms with Gasteiger partial charge in [0.05, 0.1) is 6.61 Å². The third-order valence-corrected chi connectivity index (χ3v) is 5.69. The van der Waals surface area contributed by atoms with Gasteiger partial charge in [0.2, 0.25) is 0 Å². The molecule has 0 atom stereocenters. The smallest absolute Gasteiger partial charge is 0.305 e. The summed E-state index contributed by atoms with van der Waals surface area (Å²) in [7, 11) is 0. The molecule has 1 rings (SSSR count). The van der Waals surface area contributed by atoms with Crippen LogP contribution < -0.4 is 0 Å². The highest BCUT2D eigenvalue weighted by Crippen LogP contribution is 2.22. The maximum absolute atomic E-state index is 11.9. The highest BCUT2D eigenvalue weighted by molar-refractivity contribution is 5.69. The van der Waals surface area contributed by atoms with Gasteiger partial charge in [-0.1, -0.05) is 103 Å². The first-order chi connectivity index (χ1) is 12.3. The van der Waals surface area contributed by atoms with Crippen LogP contribution in [0.1, 0.15) is 129 Å². The van der Waals surface area contributed by atoms with Crippen LogP contribution >= 0.6 is 0 Å². The maximum atomic E-state index is 11.9. The van der Waals surface area contributed by atoms with E-state index in [2.05, 4.69) is 6.92 Å². The zero-order chi connectivity index (χ0) is 18.0. The predicted molar refractivity (Wildman–Crippen MR) is 108 cm³/mol. The third-order valence-electron chi connectivity index (χ3n) is 5.69. The van der Waals surface area contributed by atoms with Crippen LogP contribution in [0.25, 0.3) is 0 Å². The Morgan fingerprint density at radius 1 is 0.720 bits per heavy atom. The van der Waals surface area contributed by atoms with Crippen LogP contribution in [0.3, 0.4) is 0 Å². The maximum Gasteiger partial charge on any atom is 0.305 e. The van der Waals surface area contributed by atoms with Crippen molar-refractivity contribution in [3.8, 4) is 0 Å². The molecular weight excluding hydrogens is 308 g/mol. The summed E-state index contributed by atoms with van der Waals surface area (Å²) in [5.74, 6) is 0.666. The highest BCUT2D eigenvalue weighted by Gasteiger charge is 2.13. The molecule has 0 aromatic carbocycles. The molecule has 1 aliphatic rings. The molecule has 0 N–H and O–H groups in total. The standard InChI is InChI=1S/C23H44O2/c1-2-3-4-5-6-7-8-9-10-14-17-20-23(24)25-21-22-18-15-12-11-13-16-19-22/h22H,2-21H2,1H3. The first-order valence-electron chi connectivity index (χ1n) is 11.5. The highest BCUT2D eigenvalue weighted by atomic mass is 16.5. The molecular formula is C23H44O2. The van der Waals surface area contributed by atoms with Crippen LogP contribution in [0, 0.1) is 5.92 Å². The molecule has 0 aromatic heterocycles. The van der Waals surface area contributed by atoms with Crippen molar-refractivity contribution in [2.45, 2.75) is 129 Å². The van der Waals surface area contributed by atoms with E-state index >= 15 is 0 Å².